The van der Waals surface area contributed by atoms with Crippen molar-refractivity contribution in [1.29, 1.82) is 0 Å². The second-order valence-electron chi connectivity index (χ2n) is 4.74. The number of benzene rings is 1. The minimum atomic E-state index is -3.82. The number of nitrogens with zero attached hydrogens (tertiary/aromatic N) is 1. The molecular formula is C14H21FN2O3S. The normalized spacial score (nSPS) is 13.2. The Kier molecular flexibility index (Phi) is 6.29. The summed E-state index contributed by atoms with van der Waals surface area (Å²) in [6.07, 6.45) is -0.0958. The maximum Gasteiger partial charge on any atom is 0.303 e. The SMILES string of the molecule is CCN(CC)S(=O)(=O)NC(=O)CC(C)c1ccccc1F. The standard InChI is InChI=1S/C14H21FN2O3S/c1-4-17(5-2)21(19,20)16-14(18)10-11(3)12-8-6-7-9-13(12)15/h6-9,11H,4-5,10H2,1-3H3,(H,16,18). The molecule has 1 aromatic rings. The highest BCUT2D eigenvalue weighted by molar-refractivity contribution is 7.87. The third-order valence-corrected chi connectivity index (χ3v) is 4.90. The van der Waals surface area contributed by atoms with Gasteiger partial charge in [-0.1, -0.05) is 39.0 Å². The summed E-state index contributed by atoms with van der Waals surface area (Å²) >= 11 is 0. The van der Waals surface area contributed by atoms with Gasteiger partial charge in [-0.25, -0.2) is 9.11 Å². The fourth-order valence-corrected chi connectivity index (χ4v) is 3.26. The molecule has 0 aliphatic carbocycles. The fourth-order valence-electron chi connectivity index (χ4n) is 2.08. The number of carbonyl (C=O) groups excluding carboxylic acids is 1. The van der Waals surface area contributed by atoms with Crippen molar-refractivity contribution in [2.75, 3.05) is 13.1 Å². The summed E-state index contributed by atoms with van der Waals surface area (Å²) in [5, 5.41) is 0. The van der Waals surface area contributed by atoms with E-state index in [2.05, 4.69) is 0 Å². The number of amides is 1. The fraction of sp³-hybridized carbons (Fsp3) is 0.500. The molecule has 5 nitrogen and oxygen atoms in total. The summed E-state index contributed by atoms with van der Waals surface area (Å²) in [7, 11) is -3.82. The Morgan fingerprint density at radius 2 is 1.86 bits per heavy atom. The molecule has 0 aromatic heterocycles. The summed E-state index contributed by atoms with van der Waals surface area (Å²) in [6.45, 7) is 5.62. The molecule has 1 atom stereocenters. The van der Waals surface area contributed by atoms with Gasteiger partial charge >= 0.3 is 10.2 Å². The van der Waals surface area contributed by atoms with Gasteiger partial charge in [-0.2, -0.15) is 12.7 Å². The molecule has 0 aliphatic heterocycles. The first-order valence-electron chi connectivity index (χ1n) is 6.86. The van der Waals surface area contributed by atoms with Gasteiger partial charge in [0.1, 0.15) is 5.82 Å². The van der Waals surface area contributed by atoms with Crippen molar-refractivity contribution in [3.63, 3.8) is 0 Å². The van der Waals surface area contributed by atoms with Crippen molar-refractivity contribution >= 4 is 16.1 Å². The number of nitrogens with one attached hydrogen (secondary N) is 1. The number of carbonyl (C=O) groups is 1. The van der Waals surface area contributed by atoms with E-state index in [9.17, 15) is 17.6 Å². The predicted octanol–water partition coefficient (Wildman–Crippen LogP) is 2.02. The molecule has 0 spiro atoms. The van der Waals surface area contributed by atoms with Crippen molar-refractivity contribution in [3.8, 4) is 0 Å². The highest BCUT2D eigenvalue weighted by Crippen LogP contribution is 2.21. The monoisotopic (exact) mass is 316 g/mol. The van der Waals surface area contributed by atoms with Crippen LogP contribution in [-0.4, -0.2) is 31.7 Å². The molecule has 21 heavy (non-hydrogen) atoms. The van der Waals surface area contributed by atoms with Crippen LogP contribution in [0.25, 0.3) is 0 Å². The van der Waals surface area contributed by atoms with E-state index in [0.29, 0.717) is 5.56 Å². The molecule has 0 heterocycles. The van der Waals surface area contributed by atoms with Gasteiger partial charge in [-0.15, -0.1) is 0 Å². The van der Waals surface area contributed by atoms with Gasteiger partial charge in [0.2, 0.25) is 5.91 Å². The first-order valence-corrected chi connectivity index (χ1v) is 8.31. The van der Waals surface area contributed by atoms with Gasteiger partial charge in [0.15, 0.2) is 0 Å². The minimum Gasteiger partial charge on any atom is -0.274 e. The lowest BCUT2D eigenvalue weighted by atomic mass is 9.97. The van der Waals surface area contributed by atoms with Crippen LogP contribution in [-0.2, 0) is 15.0 Å². The van der Waals surface area contributed by atoms with Crippen LogP contribution in [0.1, 0.15) is 38.7 Å². The molecule has 0 aliphatic rings. The predicted molar refractivity (Wildman–Crippen MR) is 79.4 cm³/mol. The van der Waals surface area contributed by atoms with Crippen LogP contribution in [0.2, 0.25) is 0 Å². The second-order valence-corrected chi connectivity index (χ2v) is 6.41. The third kappa shape index (κ3) is 4.78. The van der Waals surface area contributed by atoms with E-state index in [1.165, 1.54) is 6.07 Å². The van der Waals surface area contributed by atoms with Crippen molar-refractivity contribution in [2.45, 2.75) is 33.1 Å². The van der Waals surface area contributed by atoms with Crippen molar-refractivity contribution in [3.05, 3.63) is 35.6 Å². The maximum absolute atomic E-state index is 13.6. The largest absolute Gasteiger partial charge is 0.303 e. The van der Waals surface area contributed by atoms with Gasteiger partial charge in [-0.05, 0) is 17.5 Å². The van der Waals surface area contributed by atoms with E-state index < -0.39 is 27.9 Å². The molecule has 1 rings (SSSR count). The highest BCUT2D eigenvalue weighted by Gasteiger charge is 2.23. The Morgan fingerprint density at radius 1 is 1.29 bits per heavy atom. The first kappa shape index (κ1) is 17.6. The minimum absolute atomic E-state index is 0.0958. The highest BCUT2D eigenvalue weighted by atomic mass is 32.2. The zero-order chi connectivity index (χ0) is 16.0. The molecule has 0 saturated heterocycles. The smallest absolute Gasteiger partial charge is 0.274 e. The lowest BCUT2D eigenvalue weighted by Crippen LogP contribution is -2.43. The first-order chi connectivity index (χ1) is 9.81. The molecule has 1 aromatic carbocycles. The summed E-state index contributed by atoms with van der Waals surface area (Å²) in [6, 6.07) is 6.15. The van der Waals surface area contributed by atoms with Crippen molar-refractivity contribution in [2.24, 2.45) is 0 Å². The van der Waals surface area contributed by atoms with Crippen LogP contribution < -0.4 is 4.72 Å². The Hall–Kier alpha value is -1.47. The summed E-state index contributed by atoms with van der Waals surface area (Å²) in [4.78, 5) is 11.9. The van der Waals surface area contributed by atoms with Gasteiger partial charge in [-0.3, -0.25) is 4.79 Å². The van der Waals surface area contributed by atoms with Crippen LogP contribution in [0, 0.1) is 5.82 Å². The van der Waals surface area contributed by atoms with Crippen LogP contribution in [0.4, 0.5) is 4.39 Å². The Morgan fingerprint density at radius 3 is 2.38 bits per heavy atom. The van der Waals surface area contributed by atoms with E-state index in [1.54, 1.807) is 39.0 Å². The van der Waals surface area contributed by atoms with Gasteiger partial charge in [0.25, 0.3) is 0 Å². The number of hydrogen-bond acceptors (Lipinski definition) is 3. The van der Waals surface area contributed by atoms with Gasteiger partial charge < -0.3 is 0 Å². The van der Waals surface area contributed by atoms with Crippen LogP contribution >= 0.6 is 0 Å². The molecule has 1 unspecified atom stereocenters. The quantitative estimate of drug-likeness (QED) is 0.837. The molecule has 0 radical (unpaired) electrons. The molecule has 118 valence electrons. The molecule has 1 amide bonds. The van der Waals surface area contributed by atoms with Crippen molar-refractivity contribution < 1.29 is 17.6 Å². The topological polar surface area (TPSA) is 66.5 Å². The summed E-state index contributed by atoms with van der Waals surface area (Å²) < 4.78 is 40.6. The van der Waals surface area contributed by atoms with Crippen LogP contribution in [0.15, 0.2) is 24.3 Å². The van der Waals surface area contributed by atoms with Crippen LogP contribution in [0.5, 0.6) is 0 Å². The molecule has 0 saturated carbocycles. The Balaban J connectivity index is 2.72. The van der Waals surface area contributed by atoms with E-state index in [0.717, 1.165) is 4.31 Å². The average Bonchev–Trinajstić information content (AvgIpc) is 2.39. The second kappa shape index (κ2) is 7.51. The zero-order valence-corrected chi connectivity index (χ0v) is 13.3. The van der Waals surface area contributed by atoms with E-state index in [1.807, 2.05) is 4.72 Å². The maximum atomic E-state index is 13.6. The third-order valence-electron chi connectivity index (χ3n) is 3.22. The number of rotatable bonds is 7. The number of halogens is 1. The number of hydrogen-bond donors (Lipinski definition) is 1. The van der Waals surface area contributed by atoms with Crippen LogP contribution in [0.3, 0.4) is 0 Å². The van der Waals surface area contributed by atoms with Gasteiger partial charge in [0, 0.05) is 19.5 Å². The van der Waals surface area contributed by atoms with Gasteiger partial charge in [0.05, 0.1) is 0 Å². The summed E-state index contributed by atoms with van der Waals surface area (Å²) in [5.41, 5.74) is 0.396. The zero-order valence-electron chi connectivity index (χ0n) is 12.5. The van der Waals surface area contributed by atoms with Crippen molar-refractivity contribution in [1.82, 2.24) is 9.03 Å². The molecule has 0 bridgehead atoms. The molecular weight excluding hydrogens is 295 g/mol. The van der Waals surface area contributed by atoms with E-state index in [4.69, 9.17) is 0 Å². The lowest BCUT2D eigenvalue weighted by molar-refractivity contribution is -0.119. The molecule has 1 N–H and O–H groups in total. The molecule has 0 fully saturated rings. The Labute approximate surface area is 125 Å². The average molecular weight is 316 g/mol. The van der Waals surface area contributed by atoms with E-state index in [-0.39, 0.29) is 19.5 Å². The Bertz CT molecular complexity index is 586. The van der Waals surface area contributed by atoms with E-state index >= 15 is 0 Å². The summed E-state index contributed by atoms with van der Waals surface area (Å²) in [5.74, 6) is -1.44. The molecule has 7 heteroatoms. The lowest BCUT2D eigenvalue weighted by Gasteiger charge is -2.19.